The van der Waals surface area contributed by atoms with Gasteiger partial charge in [-0.2, -0.15) is 0 Å². The lowest BCUT2D eigenvalue weighted by Gasteiger charge is -2.26. The zero-order valence-corrected chi connectivity index (χ0v) is 16.1. The zero-order valence-electron chi connectivity index (χ0n) is 16.1. The van der Waals surface area contributed by atoms with Gasteiger partial charge in [0.1, 0.15) is 17.4 Å². The number of fused-ring (bicyclic) bond motifs is 3. The molecule has 0 radical (unpaired) electrons. The Hall–Kier alpha value is -3.80. The summed E-state index contributed by atoms with van der Waals surface area (Å²) in [7, 11) is 0. The Morgan fingerprint density at radius 3 is 2.27 bits per heavy atom. The van der Waals surface area contributed by atoms with Crippen molar-refractivity contribution in [2.45, 2.75) is 18.9 Å². The van der Waals surface area contributed by atoms with E-state index in [1.165, 1.54) is 0 Å². The van der Waals surface area contributed by atoms with Crippen LogP contribution in [0.2, 0.25) is 0 Å². The number of aromatic nitrogens is 1. The summed E-state index contributed by atoms with van der Waals surface area (Å²) in [4.78, 5) is 25.1. The summed E-state index contributed by atoms with van der Waals surface area (Å²) in [5.41, 5.74) is 2.87. The SMILES string of the molecule is O=C(OCCCn1c(=O)oc2ccccc21)C1c2ccccc2Oc2ccccc21. The van der Waals surface area contributed by atoms with Crippen molar-refractivity contribution in [1.82, 2.24) is 4.57 Å². The van der Waals surface area contributed by atoms with Gasteiger partial charge in [0.25, 0.3) is 0 Å². The van der Waals surface area contributed by atoms with Crippen molar-refractivity contribution >= 4 is 17.1 Å². The highest BCUT2D eigenvalue weighted by atomic mass is 16.5. The van der Waals surface area contributed by atoms with Gasteiger partial charge in [0.05, 0.1) is 12.1 Å². The molecule has 0 unspecified atom stereocenters. The summed E-state index contributed by atoms with van der Waals surface area (Å²) in [6.07, 6.45) is 0.502. The van der Waals surface area contributed by atoms with Crippen molar-refractivity contribution < 1.29 is 18.7 Å². The van der Waals surface area contributed by atoms with Gasteiger partial charge in [0.2, 0.25) is 0 Å². The molecule has 0 saturated carbocycles. The lowest BCUT2D eigenvalue weighted by Crippen LogP contribution is -2.22. The van der Waals surface area contributed by atoms with Gasteiger partial charge >= 0.3 is 11.7 Å². The second-order valence-corrected chi connectivity index (χ2v) is 7.12. The number of nitrogens with zero attached hydrogens (tertiary/aromatic N) is 1. The number of hydrogen-bond donors (Lipinski definition) is 0. The summed E-state index contributed by atoms with van der Waals surface area (Å²) in [6, 6.07) is 22.3. The molecular formula is C24H19NO5. The van der Waals surface area contributed by atoms with Crippen molar-refractivity contribution in [3.63, 3.8) is 0 Å². The first-order valence-electron chi connectivity index (χ1n) is 9.83. The van der Waals surface area contributed by atoms with Gasteiger partial charge in [0.15, 0.2) is 5.58 Å². The molecule has 0 fully saturated rings. The van der Waals surface area contributed by atoms with E-state index in [2.05, 4.69) is 0 Å². The third-order valence-electron chi connectivity index (χ3n) is 5.26. The van der Waals surface area contributed by atoms with E-state index >= 15 is 0 Å². The Bertz CT molecular complexity index is 1240. The molecule has 1 aromatic heterocycles. The van der Waals surface area contributed by atoms with Crippen molar-refractivity contribution in [1.29, 1.82) is 0 Å². The molecule has 1 aliphatic heterocycles. The predicted octanol–water partition coefficient (Wildman–Crippen LogP) is 4.47. The number of ether oxygens (including phenoxy) is 2. The monoisotopic (exact) mass is 401 g/mol. The minimum Gasteiger partial charge on any atom is -0.465 e. The standard InChI is InChI=1S/C24H19NO5/c26-23(28-15-7-14-25-18-10-3-6-13-21(18)30-24(25)27)22-16-8-1-4-11-19(16)29-20-12-5-2-9-17(20)22/h1-6,8-13,22H,7,14-15H2. The maximum absolute atomic E-state index is 13.0. The summed E-state index contributed by atoms with van der Waals surface area (Å²) in [5, 5.41) is 0. The molecule has 4 aromatic rings. The van der Waals surface area contributed by atoms with E-state index < -0.39 is 11.7 Å². The summed E-state index contributed by atoms with van der Waals surface area (Å²) in [5.74, 6) is 0.0465. The van der Waals surface area contributed by atoms with Crippen molar-refractivity contribution in [2.75, 3.05) is 6.61 Å². The van der Waals surface area contributed by atoms with Crippen LogP contribution in [0.5, 0.6) is 11.5 Å². The quantitative estimate of drug-likeness (QED) is 0.365. The molecule has 150 valence electrons. The van der Waals surface area contributed by atoms with Crippen LogP contribution in [0.25, 0.3) is 11.1 Å². The van der Waals surface area contributed by atoms with Gasteiger partial charge in [-0.3, -0.25) is 9.36 Å². The molecule has 6 heteroatoms. The number of carbonyl (C=O) groups is 1. The highest BCUT2D eigenvalue weighted by molar-refractivity contribution is 5.85. The molecule has 0 N–H and O–H groups in total. The molecule has 0 bridgehead atoms. The number of oxazole rings is 1. The molecule has 0 atom stereocenters. The number of rotatable bonds is 5. The van der Waals surface area contributed by atoms with Gasteiger partial charge in [0, 0.05) is 17.7 Å². The third kappa shape index (κ3) is 3.16. The van der Waals surface area contributed by atoms with E-state index in [0.29, 0.717) is 30.0 Å². The van der Waals surface area contributed by atoms with E-state index in [1.54, 1.807) is 10.6 Å². The Labute approximate surface area is 172 Å². The van der Waals surface area contributed by atoms with Gasteiger partial charge in [-0.1, -0.05) is 48.5 Å². The normalized spacial score (nSPS) is 12.8. The van der Waals surface area contributed by atoms with Crippen LogP contribution in [0.3, 0.4) is 0 Å². The predicted molar refractivity (Wildman–Crippen MR) is 111 cm³/mol. The molecule has 0 aliphatic carbocycles. The minimum absolute atomic E-state index is 0.201. The molecule has 0 amide bonds. The van der Waals surface area contributed by atoms with E-state index in [9.17, 15) is 9.59 Å². The van der Waals surface area contributed by atoms with E-state index in [4.69, 9.17) is 13.9 Å². The number of benzene rings is 3. The van der Waals surface area contributed by atoms with Crippen LogP contribution in [0, 0.1) is 0 Å². The number of para-hydroxylation sites is 4. The molecule has 3 aromatic carbocycles. The van der Waals surface area contributed by atoms with Crippen LogP contribution in [0.15, 0.2) is 82.0 Å². The van der Waals surface area contributed by atoms with Crippen molar-refractivity contribution in [2.24, 2.45) is 0 Å². The third-order valence-corrected chi connectivity index (χ3v) is 5.26. The Balaban J connectivity index is 1.30. The van der Waals surface area contributed by atoms with Gasteiger partial charge in [-0.15, -0.1) is 0 Å². The molecular weight excluding hydrogens is 382 g/mol. The second kappa shape index (κ2) is 7.55. The first-order chi connectivity index (χ1) is 14.7. The molecule has 1 aliphatic rings. The molecule has 2 heterocycles. The smallest absolute Gasteiger partial charge is 0.419 e. The fraction of sp³-hybridized carbons (Fsp3) is 0.167. The lowest BCUT2D eigenvalue weighted by molar-refractivity contribution is -0.144. The van der Waals surface area contributed by atoms with E-state index in [1.807, 2.05) is 66.7 Å². The van der Waals surface area contributed by atoms with Crippen LogP contribution in [0.4, 0.5) is 0 Å². The van der Waals surface area contributed by atoms with Gasteiger partial charge in [-0.05, 0) is 30.7 Å². The highest BCUT2D eigenvalue weighted by Crippen LogP contribution is 2.44. The van der Waals surface area contributed by atoms with Crippen LogP contribution in [-0.2, 0) is 16.1 Å². The zero-order chi connectivity index (χ0) is 20.5. The van der Waals surface area contributed by atoms with Gasteiger partial charge in [-0.25, -0.2) is 4.79 Å². The van der Waals surface area contributed by atoms with Gasteiger partial charge < -0.3 is 13.9 Å². The van der Waals surface area contributed by atoms with Crippen LogP contribution in [0.1, 0.15) is 23.5 Å². The lowest BCUT2D eigenvalue weighted by atomic mass is 9.88. The average molecular weight is 401 g/mol. The molecule has 0 spiro atoms. The molecule has 5 rings (SSSR count). The Kier molecular flexibility index (Phi) is 4.59. The summed E-state index contributed by atoms with van der Waals surface area (Å²) < 4.78 is 18.3. The Morgan fingerprint density at radius 1 is 0.900 bits per heavy atom. The number of hydrogen-bond acceptors (Lipinski definition) is 5. The number of esters is 1. The molecule has 0 saturated heterocycles. The van der Waals surface area contributed by atoms with Crippen LogP contribution >= 0.6 is 0 Å². The topological polar surface area (TPSA) is 70.7 Å². The van der Waals surface area contributed by atoms with Crippen LogP contribution < -0.4 is 10.5 Å². The fourth-order valence-corrected chi connectivity index (χ4v) is 3.87. The maximum atomic E-state index is 13.0. The highest BCUT2D eigenvalue weighted by Gasteiger charge is 2.33. The van der Waals surface area contributed by atoms with E-state index in [0.717, 1.165) is 16.6 Å². The number of carbonyl (C=O) groups excluding carboxylic acids is 1. The minimum atomic E-state index is -0.538. The summed E-state index contributed by atoms with van der Waals surface area (Å²) in [6.45, 7) is 0.608. The molecule has 30 heavy (non-hydrogen) atoms. The average Bonchev–Trinajstić information content (AvgIpc) is 3.09. The van der Waals surface area contributed by atoms with Crippen molar-refractivity contribution in [3.8, 4) is 11.5 Å². The first-order valence-corrected chi connectivity index (χ1v) is 9.83. The summed E-state index contributed by atoms with van der Waals surface area (Å²) >= 11 is 0. The fourth-order valence-electron chi connectivity index (χ4n) is 3.87. The van der Waals surface area contributed by atoms with E-state index in [-0.39, 0.29) is 12.6 Å². The second-order valence-electron chi connectivity index (χ2n) is 7.12. The Morgan fingerprint density at radius 2 is 1.53 bits per heavy atom. The maximum Gasteiger partial charge on any atom is 0.419 e. The molecule has 6 nitrogen and oxygen atoms in total. The number of aryl methyl sites for hydroxylation is 1. The van der Waals surface area contributed by atoms with Crippen LogP contribution in [-0.4, -0.2) is 17.1 Å². The largest absolute Gasteiger partial charge is 0.465 e. The van der Waals surface area contributed by atoms with Crippen molar-refractivity contribution in [3.05, 3.63) is 94.5 Å². The first kappa shape index (κ1) is 18.2.